The molecule has 1 atom stereocenters. The lowest BCUT2D eigenvalue weighted by Gasteiger charge is -2.63. The second-order valence-electron chi connectivity index (χ2n) is 8.75. The van der Waals surface area contributed by atoms with Crippen LogP contribution in [0.3, 0.4) is 0 Å². The molecule has 5 nitrogen and oxygen atoms in total. The third-order valence-corrected chi connectivity index (χ3v) is 5.95. The maximum atomic E-state index is 12.3. The van der Waals surface area contributed by atoms with E-state index in [1.54, 1.807) is 24.3 Å². The van der Waals surface area contributed by atoms with E-state index in [2.05, 4.69) is 26.1 Å². The number of carbonyl (C=O) groups excluding carboxylic acids is 2. The van der Waals surface area contributed by atoms with E-state index in [-0.39, 0.29) is 23.3 Å². The lowest BCUT2D eigenvalue weighted by atomic mass is 9.52. The largest absolute Gasteiger partial charge is 0.376 e. The highest BCUT2D eigenvalue weighted by molar-refractivity contribution is 6.21. The second-order valence-corrected chi connectivity index (χ2v) is 8.75. The smallest absolute Gasteiger partial charge is 0.261 e. The lowest BCUT2D eigenvalue weighted by Crippen LogP contribution is -2.73. The van der Waals surface area contributed by atoms with Crippen LogP contribution in [-0.2, 0) is 4.74 Å². The number of amides is 2. The fourth-order valence-corrected chi connectivity index (χ4v) is 4.82. The van der Waals surface area contributed by atoms with Crippen LogP contribution in [0.15, 0.2) is 24.3 Å². The second kappa shape index (κ2) is 5.64. The molecule has 5 heteroatoms. The average Bonchev–Trinajstić information content (AvgIpc) is 2.71. The Balaban J connectivity index is 1.27. The predicted octanol–water partition coefficient (Wildman–Crippen LogP) is 2.47. The number of imide groups is 1. The van der Waals surface area contributed by atoms with E-state index in [1.807, 2.05) is 0 Å². The molecule has 2 fully saturated rings. The van der Waals surface area contributed by atoms with E-state index in [9.17, 15) is 9.59 Å². The highest BCUT2D eigenvalue weighted by atomic mass is 16.5. The molecule has 1 N–H and O–H groups in total. The Morgan fingerprint density at radius 2 is 1.76 bits per heavy atom. The molecule has 1 saturated carbocycles. The Kier molecular flexibility index (Phi) is 3.78. The van der Waals surface area contributed by atoms with Crippen LogP contribution in [0.5, 0.6) is 0 Å². The molecule has 2 heterocycles. The molecule has 1 aromatic carbocycles. The standard InChI is InChI=1S/C20H26N2O3/c1-19(2,3)18-20(12-21-18)10-13(11-20)25-9-8-22-16(23)14-6-4-5-7-15(14)17(22)24/h4-7,13,18,21H,8-12H2,1-3H3. The SMILES string of the molecule is CC(C)(C)C1NCC12CC(OCCN1C(=O)c3ccccc3C1=O)C2. The summed E-state index contributed by atoms with van der Waals surface area (Å²) in [5.41, 5.74) is 1.66. The van der Waals surface area contributed by atoms with Crippen molar-refractivity contribution in [1.82, 2.24) is 10.2 Å². The number of hydrogen-bond acceptors (Lipinski definition) is 4. The average molecular weight is 342 g/mol. The highest BCUT2D eigenvalue weighted by Gasteiger charge is 2.58. The third kappa shape index (κ3) is 2.61. The molecule has 0 aromatic heterocycles. The number of ether oxygens (including phenoxy) is 1. The van der Waals surface area contributed by atoms with Gasteiger partial charge in [0.05, 0.1) is 30.4 Å². The van der Waals surface area contributed by atoms with Crippen LogP contribution in [0.4, 0.5) is 0 Å². The van der Waals surface area contributed by atoms with Crippen molar-refractivity contribution in [3.05, 3.63) is 35.4 Å². The van der Waals surface area contributed by atoms with Gasteiger partial charge in [0.1, 0.15) is 0 Å². The van der Waals surface area contributed by atoms with E-state index in [0.717, 1.165) is 19.4 Å². The van der Waals surface area contributed by atoms with Gasteiger partial charge in [0.25, 0.3) is 11.8 Å². The van der Waals surface area contributed by atoms with Crippen molar-refractivity contribution in [2.45, 2.75) is 45.8 Å². The number of nitrogens with one attached hydrogen (secondary N) is 1. The summed E-state index contributed by atoms with van der Waals surface area (Å²) in [5.74, 6) is -0.407. The first kappa shape index (κ1) is 16.7. The minimum absolute atomic E-state index is 0.203. The summed E-state index contributed by atoms with van der Waals surface area (Å²) in [4.78, 5) is 25.9. The molecule has 3 aliphatic rings. The van der Waals surface area contributed by atoms with E-state index < -0.39 is 0 Å². The van der Waals surface area contributed by atoms with Crippen LogP contribution in [0, 0.1) is 10.8 Å². The normalized spacial score (nSPS) is 31.1. The Morgan fingerprint density at radius 1 is 1.16 bits per heavy atom. The fourth-order valence-electron chi connectivity index (χ4n) is 4.82. The quantitative estimate of drug-likeness (QED) is 0.854. The number of nitrogens with zero attached hydrogens (tertiary/aromatic N) is 1. The third-order valence-electron chi connectivity index (χ3n) is 5.95. The summed E-state index contributed by atoms with van der Waals surface area (Å²) >= 11 is 0. The Hall–Kier alpha value is -1.72. The highest BCUT2D eigenvalue weighted by Crippen LogP contribution is 2.54. The molecule has 1 spiro atoms. The van der Waals surface area contributed by atoms with Gasteiger partial charge in [-0.1, -0.05) is 32.9 Å². The molecule has 2 aliphatic heterocycles. The minimum Gasteiger partial charge on any atom is -0.376 e. The lowest BCUT2D eigenvalue weighted by molar-refractivity contribution is -0.151. The summed E-state index contributed by atoms with van der Waals surface area (Å²) in [5, 5.41) is 3.57. The maximum absolute atomic E-state index is 12.3. The van der Waals surface area contributed by atoms with Crippen molar-refractivity contribution in [2.75, 3.05) is 19.7 Å². The van der Waals surface area contributed by atoms with Crippen LogP contribution in [-0.4, -0.2) is 48.6 Å². The summed E-state index contributed by atoms with van der Waals surface area (Å²) in [6.07, 6.45) is 2.40. The molecule has 0 bridgehead atoms. The summed E-state index contributed by atoms with van der Waals surface area (Å²) in [6.45, 7) is 8.66. The van der Waals surface area contributed by atoms with Crippen molar-refractivity contribution in [3.63, 3.8) is 0 Å². The van der Waals surface area contributed by atoms with Crippen LogP contribution in [0.25, 0.3) is 0 Å². The van der Waals surface area contributed by atoms with Gasteiger partial charge in [-0.05, 0) is 30.4 Å². The zero-order valence-corrected chi connectivity index (χ0v) is 15.2. The predicted molar refractivity (Wildman–Crippen MR) is 94.5 cm³/mol. The Morgan fingerprint density at radius 3 is 2.24 bits per heavy atom. The van der Waals surface area contributed by atoms with Crippen molar-refractivity contribution < 1.29 is 14.3 Å². The maximum Gasteiger partial charge on any atom is 0.261 e. The Labute approximate surface area is 148 Å². The van der Waals surface area contributed by atoms with Gasteiger partial charge in [-0.3, -0.25) is 14.5 Å². The monoisotopic (exact) mass is 342 g/mol. The fraction of sp³-hybridized carbons (Fsp3) is 0.600. The van der Waals surface area contributed by atoms with Gasteiger partial charge >= 0.3 is 0 Å². The van der Waals surface area contributed by atoms with E-state index in [1.165, 1.54) is 4.90 Å². The molecule has 1 saturated heterocycles. The van der Waals surface area contributed by atoms with Crippen LogP contribution >= 0.6 is 0 Å². The first-order valence-electron chi connectivity index (χ1n) is 9.12. The van der Waals surface area contributed by atoms with Crippen LogP contribution < -0.4 is 5.32 Å². The van der Waals surface area contributed by atoms with Gasteiger partial charge in [-0.2, -0.15) is 0 Å². The van der Waals surface area contributed by atoms with Crippen LogP contribution in [0.1, 0.15) is 54.3 Å². The van der Waals surface area contributed by atoms with E-state index in [0.29, 0.717) is 35.7 Å². The number of rotatable bonds is 4. The molecular weight excluding hydrogens is 316 g/mol. The zero-order chi connectivity index (χ0) is 17.8. The summed E-state index contributed by atoms with van der Waals surface area (Å²) in [7, 11) is 0. The number of hydrogen-bond donors (Lipinski definition) is 1. The number of benzene rings is 1. The van der Waals surface area contributed by atoms with Gasteiger partial charge in [-0.25, -0.2) is 0 Å². The molecule has 1 unspecified atom stereocenters. The van der Waals surface area contributed by atoms with Crippen LogP contribution in [0.2, 0.25) is 0 Å². The zero-order valence-electron chi connectivity index (χ0n) is 15.2. The van der Waals surface area contributed by atoms with Gasteiger partial charge in [0.2, 0.25) is 0 Å². The first-order chi connectivity index (χ1) is 11.8. The first-order valence-corrected chi connectivity index (χ1v) is 9.12. The van der Waals surface area contributed by atoms with E-state index in [4.69, 9.17) is 4.74 Å². The molecule has 1 aromatic rings. The van der Waals surface area contributed by atoms with Gasteiger partial charge in [-0.15, -0.1) is 0 Å². The van der Waals surface area contributed by atoms with Crippen molar-refractivity contribution in [1.29, 1.82) is 0 Å². The van der Waals surface area contributed by atoms with Gasteiger partial charge in [0.15, 0.2) is 0 Å². The molecule has 4 rings (SSSR count). The number of fused-ring (bicyclic) bond motifs is 1. The van der Waals surface area contributed by atoms with Crippen molar-refractivity contribution in [3.8, 4) is 0 Å². The summed E-state index contributed by atoms with van der Waals surface area (Å²) in [6, 6.07) is 7.55. The summed E-state index contributed by atoms with van der Waals surface area (Å²) < 4.78 is 5.95. The Bertz CT molecular complexity index is 681. The minimum atomic E-state index is -0.203. The van der Waals surface area contributed by atoms with Gasteiger partial charge in [0, 0.05) is 18.0 Å². The molecule has 134 valence electrons. The molecule has 2 amide bonds. The number of carbonyl (C=O) groups is 2. The molecule has 0 radical (unpaired) electrons. The molecule has 1 aliphatic carbocycles. The van der Waals surface area contributed by atoms with Crippen molar-refractivity contribution >= 4 is 11.8 Å². The van der Waals surface area contributed by atoms with Gasteiger partial charge < -0.3 is 10.1 Å². The topological polar surface area (TPSA) is 58.6 Å². The molecule has 25 heavy (non-hydrogen) atoms. The van der Waals surface area contributed by atoms with E-state index >= 15 is 0 Å². The van der Waals surface area contributed by atoms with Crippen molar-refractivity contribution in [2.24, 2.45) is 10.8 Å². The molecular formula is C20H26N2O3.